The fraction of sp³-hybridized carbons (Fsp3) is 0.125. The Kier molecular flexibility index (Phi) is 6.41. The minimum Gasteiger partial charge on any atom is -0.493 e. The summed E-state index contributed by atoms with van der Waals surface area (Å²) in [6.07, 6.45) is 1.58. The molecular formula is C24H18F2N2O4S. The second-order valence-electron chi connectivity index (χ2n) is 7.07. The summed E-state index contributed by atoms with van der Waals surface area (Å²) in [7, 11) is 0. The number of nitrogens with one attached hydrogen (secondary N) is 1. The first-order valence-electron chi connectivity index (χ1n) is 10.0. The van der Waals surface area contributed by atoms with Crippen molar-refractivity contribution in [2.75, 3.05) is 18.5 Å². The Hall–Kier alpha value is -3.72. The van der Waals surface area contributed by atoms with Crippen LogP contribution in [-0.2, 0) is 9.59 Å². The van der Waals surface area contributed by atoms with E-state index in [1.54, 1.807) is 12.1 Å². The highest BCUT2D eigenvalue weighted by Crippen LogP contribution is 2.36. The standard InChI is InChI=1S/C24H18F2N2O4S/c1-2-32-20-10-7-14-5-3-4-6-16(14)17(20)12-21-23(30)28(24(31)33-21)13-22(29)27-19-9-8-15(25)11-18(19)26/h3-12H,2,13H2,1H3,(H,27,29)/b21-12+. The fourth-order valence-corrected chi connectivity index (χ4v) is 4.22. The van der Waals surface area contributed by atoms with Gasteiger partial charge in [-0.15, -0.1) is 0 Å². The lowest BCUT2D eigenvalue weighted by atomic mass is 10.0. The van der Waals surface area contributed by atoms with Crippen LogP contribution in [0.2, 0.25) is 0 Å². The van der Waals surface area contributed by atoms with Gasteiger partial charge in [0.15, 0.2) is 0 Å². The third-order valence-electron chi connectivity index (χ3n) is 4.89. The Morgan fingerprint density at radius 3 is 2.67 bits per heavy atom. The molecule has 1 fully saturated rings. The van der Waals surface area contributed by atoms with Crippen LogP contribution >= 0.6 is 11.8 Å². The van der Waals surface area contributed by atoms with Gasteiger partial charge in [-0.2, -0.15) is 0 Å². The molecule has 0 atom stereocenters. The van der Waals surface area contributed by atoms with Crippen molar-refractivity contribution < 1.29 is 27.9 Å². The number of thioether (sulfide) groups is 1. The number of benzene rings is 3. The van der Waals surface area contributed by atoms with E-state index in [0.29, 0.717) is 35.7 Å². The van der Waals surface area contributed by atoms with E-state index in [1.807, 2.05) is 37.3 Å². The Labute approximate surface area is 192 Å². The predicted octanol–water partition coefficient (Wildman–Crippen LogP) is 5.19. The van der Waals surface area contributed by atoms with Crippen molar-refractivity contribution in [1.29, 1.82) is 0 Å². The molecule has 3 aromatic rings. The number of hydrogen-bond donors (Lipinski definition) is 1. The van der Waals surface area contributed by atoms with E-state index in [9.17, 15) is 23.2 Å². The van der Waals surface area contributed by atoms with Crippen LogP contribution in [-0.4, -0.2) is 35.1 Å². The molecule has 3 amide bonds. The van der Waals surface area contributed by atoms with Gasteiger partial charge in [-0.1, -0.05) is 30.3 Å². The predicted molar refractivity (Wildman–Crippen MR) is 123 cm³/mol. The Morgan fingerprint density at radius 2 is 1.91 bits per heavy atom. The third-order valence-corrected chi connectivity index (χ3v) is 5.79. The number of imide groups is 1. The van der Waals surface area contributed by atoms with Crippen molar-refractivity contribution in [3.05, 3.63) is 76.7 Å². The number of nitrogens with zero attached hydrogens (tertiary/aromatic N) is 1. The van der Waals surface area contributed by atoms with Gasteiger partial charge >= 0.3 is 0 Å². The van der Waals surface area contributed by atoms with Crippen molar-refractivity contribution in [2.24, 2.45) is 0 Å². The van der Waals surface area contributed by atoms with Crippen molar-refractivity contribution in [3.8, 4) is 5.75 Å². The van der Waals surface area contributed by atoms with Gasteiger partial charge in [-0.3, -0.25) is 19.3 Å². The highest BCUT2D eigenvalue weighted by atomic mass is 32.2. The van der Waals surface area contributed by atoms with E-state index in [0.717, 1.165) is 27.8 Å². The first-order valence-corrected chi connectivity index (χ1v) is 10.8. The van der Waals surface area contributed by atoms with Crippen LogP contribution < -0.4 is 10.1 Å². The second-order valence-corrected chi connectivity index (χ2v) is 8.06. The number of rotatable bonds is 6. The van der Waals surface area contributed by atoms with Gasteiger partial charge in [0.25, 0.3) is 11.1 Å². The molecule has 0 spiro atoms. The number of anilines is 1. The summed E-state index contributed by atoms with van der Waals surface area (Å²) in [5, 5.41) is 3.40. The number of hydrogen-bond acceptors (Lipinski definition) is 5. The molecule has 1 N–H and O–H groups in total. The maximum Gasteiger partial charge on any atom is 0.294 e. The number of carbonyl (C=O) groups excluding carboxylic acids is 3. The third kappa shape index (κ3) is 4.73. The van der Waals surface area contributed by atoms with Crippen LogP contribution in [0.15, 0.2) is 59.5 Å². The quantitative estimate of drug-likeness (QED) is 0.504. The van der Waals surface area contributed by atoms with E-state index in [2.05, 4.69) is 5.32 Å². The zero-order valence-corrected chi connectivity index (χ0v) is 18.2. The van der Waals surface area contributed by atoms with Gasteiger partial charge in [0.2, 0.25) is 5.91 Å². The largest absolute Gasteiger partial charge is 0.493 e. The molecule has 0 aliphatic carbocycles. The highest BCUT2D eigenvalue weighted by Gasteiger charge is 2.36. The highest BCUT2D eigenvalue weighted by molar-refractivity contribution is 8.18. The zero-order chi connectivity index (χ0) is 23.5. The van der Waals surface area contributed by atoms with E-state index in [1.165, 1.54) is 0 Å². The van der Waals surface area contributed by atoms with Crippen LogP contribution in [0.4, 0.5) is 19.3 Å². The molecule has 1 aliphatic rings. The molecule has 4 rings (SSSR count). The lowest BCUT2D eigenvalue weighted by Crippen LogP contribution is -2.36. The summed E-state index contributed by atoms with van der Waals surface area (Å²) in [4.78, 5) is 38.6. The average molecular weight is 468 g/mol. The van der Waals surface area contributed by atoms with Gasteiger partial charge in [0.1, 0.15) is 23.9 Å². The molecule has 0 bridgehead atoms. The number of carbonyl (C=O) groups is 3. The van der Waals surface area contributed by atoms with Gasteiger partial charge in [-0.25, -0.2) is 8.78 Å². The molecule has 1 aliphatic heterocycles. The molecule has 0 radical (unpaired) electrons. The first kappa shape index (κ1) is 22.5. The Morgan fingerprint density at radius 1 is 1.12 bits per heavy atom. The van der Waals surface area contributed by atoms with Crippen LogP contribution in [0.1, 0.15) is 12.5 Å². The van der Waals surface area contributed by atoms with Crippen molar-refractivity contribution >= 4 is 51.4 Å². The summed E-state index contributed by atoms with van der Waals surface area (Å²) in [6.45, 7) is 1.66. The maximum atomic E-state index is 13.8. The van der Waals surface area contributed by atoms with E-state index in [4.69, 9.17) is 4.74 Å². The van der Waals surface area contributed by atoms with Gasteiger partial charge in [-0.05, 0) is 53.7 Å². The molecule has 0 saturated carbocycles. The number of fused-ring (bicyclic) bond motifs is 1. The molecule has 33 heavy (non-hydrogen) atoms. The lowest BCUT2D eigenvalue weighted by molar-refractivity contribution is -0.127. The van der Waals surface area contributed by atoms with Crippen LogP contribution in [0.25, 0.3) is 16.8 Å². The van der Waals surface area contributed by atoms with E-state index >= 15 is 0 Å². The summed E-state index contributed by atoms with van der Waals surface area (Å²) in [5.74, 6) is -2.62. The molecular weight excluding hydrogens is 450 g/mol. The minimum absolute atomic E-state index is 0.137. The molecule has 6 nitrogen and oxygen atoms in total. The molecule has 3 aromatic carbocycles. The smallest absolute Gasteiger partial charge is 0.294 e. The molecule has 168 valence electrons. The summed E-state index contributed by atoms with van der Waals surface area (Å²) >= 11 is 0.705. The van der Waals surface area contributed by atoms with Crippen LogP contribution in [0.5, 0.6) is 5.75 Å². The first-order chi connectivity index (χ1) is 15.9. The average Bonchev–Trinajstić information content (AvgIpc) is 3.04. The second kappa shape index (κ2) is 9.41. The minimum atomic E-state index is -0.961. The number of amides is 3. The SMILES string of the molecule is CCOc1ccc2ccccc2c1/C=C1/SC(=O)N(CC(=O)Nc2ccc(F)cc2F)C1=O. The van der Waals surface area contributed by atoms with Crippen LogP contribution in [0, 0.1) is 11.6 Å². The monoisotopic (exact) mass is 468 g/mol. The van der Waals surface area contributed by atoms with Crippen molar-refractivity contribution in [2.45, 2.75) is 6.92 Å². The van der Waals surface area contributed by atoms with E-state index in [-0.39, 0.29) is 10.6 Å². The van der Waals surface area contributed by atoms with Gasteiger partial charge in [0, 0.05) is 11.6 Å². The fourth-order valence-electron chi connectivity index (χ4n) is 3.40. The van der Waals surface area contributed by atoms with Gasteiger partial charge < -0.3 is 10.1 Å². The number of halogens is 2. The lowest BCUT2D eigenvalue weighted by Gasteiger charge is -2.13. The molecule has 1 heterocycles. The zero-order valence-electron chi connectivity index (χ0n) is 17.4. The summed E-state index contributed by atoms with van der Waals surface area (Å²) in [6, 6.07) is 13.9. The Balaban J connectivity index is 1.58. The summed E-state index contributed by atoms with van der Waals surface area (Å²) in [5.41, 5.74) is 0.402. The Bertz CT molecular complexity index is 1310. The summed E-state index contributed by atoms with van der Waals surface area (Å²) < 4.78 is 32.5. The van der Waals surface area contributed by atoms with Gasteiger partial charge in [0.05, 0.1) is 17.2 Å². The van der Waals surface area contributed by atoms with Crippen molar-refractivity contribution in [1.82, 2.24) is 4.90 Å². The topological polar surface area (TPSA) is 75.7 Å². The van der Waals surface area contributed by atoms with Crippen LogP contribution in [0.3, 0.4) is 0 Å². The van der Waals surface area contributed by atoms with E-state index < -0.39 is 35.2 Å². The van der Waals surface area contributed by atoms with Crippen molar-refractivity contribution in [3.63, 3.8) is 0 Å². The molecule has 1 saturated heterocycles. The molecule has 0 unspecified atom stereocenters. The normalized spacial score (nSPS) is 14.9. The molecule has 0 aromatic heterocycles. The maximum absolute atomic E-state index is 13.8. The number of ether oxygens (including phenoxy) is 1. The molecule has 9 heteroatoms.